The lowest BCUT2D eigenvalue weighted by Crippen LogP contribution is -2.37. The van der Waals surface area contributed by atoms with Crippen LogP contribution in [0.25, 0.3) is 0 Å². The molecule has 0 aliphatic heterocycles. The smallest absolute Gasteiger partial charge is 0.347 e. The fourth-order valence-electron chi connectivity index (χ4n) is 0.432. The van der Waals surface area contributed by atoms with E-state index in [2.05, 4.69) is 0 Å². The molecule has 1 atom stereocenters. The van der Waals surface area contributed by atoms with Gasteiger partial charge in [-0.1, -0.05) is 6.92 Å². The van der Waals surface area contributed by atoms with Gasteiger partial charge in [0.2, 0.25) is 5.91 Å². The molecule has 0 bridgehead atoms. The highest BCUT2D eigenvalue weighted by atomic mass is 35.5. The Hall–Kier alpha value is -0.450. The maximum atomic E-state index is 11.5. The van der Waals surface area contributed by atoms with Crippen molar-refractivity contribution in [2.75, 3.05) is 12.4 Å². The van der Waals surface area contributed by atoms with Crippen molar-refractivity contribution in [1.82, 2.24) is 5.32 Å². The zero-order valence-corrected chi connectivity index (χ0v) is 7.17. The summed E-state index contributed by atoms with van der Waals surface area (Å²) in [4.78, 5) is 10.7. The van der Waals surface area contributed by atoms with E-state index in [0.717, 1.165) is 0 Å². The summed E-state index contributed by atoms with van der Waals surface area (Å²) in [5, 5.41) is 1.72. The molecular weight excluding hydrogens is 195 g/mol. The van der Waals surface area contributed by atoms with Crippen LogP contribution in [0.4, 0.5) is 13.2 Å². The molecule has 12 heavy (non-hydrogen) atoms. The summed E-state index contributed by atoms with van der Waals surface area (Å²) >= 11 is 5.25. The molecule has 0 saturated heterocycles. The third kappa shape index (κ3) is 5.23. The van der Waals surface area contributed by atoms with Crippen molar-refractivity contribution < 1.29 is 18.0 Å². The van der Waals surface area contributed by atoms with Gasteiger partial charge in [0.25, 0.3) is 0 Å². The molecule has 0 radical (unpaired) electrons. The van der Waals surface area contributed by atoms with Crippen LogP contribution in [-0.2, 0) is 4.79 Å². The minimum atomic E-state index is -4.36. The molecule has 0 rings (SSSR count). The maximum Gasteiger partial charge on any atom is 0.405 e. The molecule has 0 heterocycles. The number of alkyl halides is 4. The molecule has 0 aromatic carbocycles. The Morgan fingerprint density at radius 1 is 1.58 bits per heavy atom. The molecule has 0 spiro atoms. The Bertz CT molecular complexity index is 159. The molecular formula is C6H9ClF3NO. The number of amides is 1. The van der Waals surface area contributed by atoms with Crippen LogP contribution in [0.5, 0.6) is 0 Å². The second-order valence-electron chi connectivity index (χ2n) is 2.39. The van der Waals surface area contributed by atoms with Gasteiger partial charge in [-0.2, -0.15) is 13.2 Å². The lowest BCUT2D eigenvalue weighted by Gasteiger charge is -2.10. The van der Waals surface area contributed by atoms with E-state index in [4.69, 9.17) is 11.6 Å². The van der Waals surface area contributed by atoms with Gasteiger partial charge in [0.05, 0.1) is 0 Å². The standard InChI is InChI=1S/C6H9ClF3NO/c1-4(2-7)5(12)11-3-6(8,9)10/h4H,2-3H2,1H3,(H,11,12). The van der Waals surface area contributed by atoms with Gasteiger partial charge in [-0.15, -0.1) is 11.6 Å². The molecule has 0 fully saturated rings. The molecule has 0 aliphatic carbocycles. The molecule has 1 amide bonds. The molecule has 0 saturated carbocycles. The molecule has 72 valence electrons. The predicted molar refractivity (Wildman–Crippen MR) is 38.9 cm³/mol. The van der Waals surface area contributed by atoms with Crippen molar-refractivity contribution in [1.29, 1.82) is 0 Å². The Labute approximate surface area is 73.1 Å². The minimum Gasteiger partial charge on any atom is -0.347 e. The molecule has 1 N–H and O–H groups in total. The van der Waals surface area contributed by atoms with Crippen molar-refractivity contribution in [2.45, 2.75) is 13.1 Å². The Kier molecular flexibility index (Phi) is 4.37. The highest BCUT2D eigenvalue weighted by Crippen LogP contribution is 2.12. The zero-order valence-electron chi connectivity index (χ0n) is 6.41. The number of carbonyl (C=O) groups is 1. The van der Waals surface area contributed by atoms with Crippen molar-refractivity contribution in [3.05, 3.63) is 0 Å². The third-order valence-corrected chi connectivity index (χ3v) is 1.61. The normalized spacial score (nSPS) is 14.1. The largest absolute Gasteiger partial charge is 0.405 e. The van der Waals surface area contributed by atoms with Crippen LogP contribution in [0.3, 0.4) is 0 Å². The SMILES string of the molecule is CC(CCl)C(=O)NCC(F)(F)F. The van der Waals surface area contributed by atoms with Crippen LogP contribution < -0.4 is 5.32 Å². The highest BCUT2D eigenvalue weighted by molar-refractivity contribution is 6.19. The number of carbonyl (C=O) groups excluding carboxylic acids is 1. The average Bonchev–Trinajstić information content (AvgIpc) is 1.97. The third-order valence-electron chi connectivity index (χ3n) is 1.14. The van der Waals surface area contributed by atoms with E-state index in [9.17, 15) is 18.0 Å². The second kappa shape index (κ2) is 4.54. The van der Waals surface area contributed by atoms with Crippen LogP contribution in [0.1, 0.15) is 6.92 Å². The monoisotopic (exact) mass is 203 g/mol. The van der Waals surface area contributed by atoms with Crippen LogP contribution >= 0.6 is 11.6 Å². The van der Waals surface area contributed by atoms with Crippen molar-refractivity contribution in [3.63, 3.8) is 0 Å². The number of hydrogen-bond donors (Lipinski definition) is 1. The fraction of sp³-hybridized carbons (Fsp3) is 0.833. The first-order chi connectivity index (χ1) is 5.37. The van der Waals surface area contributed by atoms with Gasteiger partial charge in [-0.05, 0) is 0 Å². The summed E-state index contributed by atoms with van der Waals surface area (Å²) in [6.07, 6.45) is -4.36. The van der Waals surface area contributed by atoms with Gasteiger partial charge in [0, 0.05) is 11.8 Å². The number of hydrogen-bond acceptors (Lipinski definition) is 1. The average molecular weight is 204 g/mol. The van der Waals surface area contributed by atoms with Crippen LogP contribution in [0.15, 0.2) is 0 Å². The lowest BCUT2D eigenvalue weighted by molar-refractivity contribution is -0.140. The Morgan fingerprint density at radius 2 is 2.08 bits per heavy atom. The highest BCUT2D eigenvalue weighted by Gasteiger charge is 2.28. The fourth-order valence-corrected chi connectivity index (χ4v) is 0.572. The van der Waals surface area contributed by atoms with Gasteiger partial charge in [-0.3, -0.25) is 4.79 Å². The van der Waals surface area contributed by atoms with Gasteiger partial charge in [-0.25, -0.2) is 0 Å². The Balaban J connectivity index is 3.72. The summed E-state index contributed by atoms with van der Waals surface area (Å²) in [5.41, 5.74) is 0. The molecule has 2 nitrogen and oxygen atoms in total. The van der Waals surface area contributed by atoms with Crippen LogP contribution in [-0.4, -0.2) is 24.5 Å². The topological polar surface area (TPSA) is 29.1 Å². The van der Waals surface area contributed by atoms with E-state index >= 15 is 0 Å². The minimum absolute atomic E-state index is 0.0176. The summed E-state index contributed by atoms with van der Waals surface area (Å²) < 4.78 is 34.6. The van der Waals surface area contributed by atoms with Crippen molar-refractivity contribution in [2.24, 2.45) is 5.92 Å². The molecule has 0 aromatic heterocycles. The second-order valence-corrected chi connectivity index (χ2v) is 2.70. The van der Waals surface area contributed by atoms with Gasteiger partial charge in [0.15, 0.2) is 0 Å². The summed E-state index contributed by atoms with van der Waals surface area (Å²) in [6.45, 7) is 0.159. The van der Waals surface area contributed by atoms with Gasteiger partial charge < -0.3 is 5.32 Å². The Morgan fingerprint density at radius 3 is 2.42 bits per heavy atom. The first-order valence-corrected chi connectivity index (χ1v) is 3.80. The van der Waals surface area contributed by atoms with E-state index in [1.165, 1.54) is 6.92 Å². The van der Waals surface area contributed by atoms with Crippen LogP contribution in [0, 0.1) is 5.92 Å². The first kappa shape index (κ1) is 11.6. The molecule has 0 aromatic rings. The number of rotatable bonds is 3. The van der Waals surface area contributed by atoms with Crippen LogP contribution in [0.2, 0.25) is 0 Å². The van der Waals surface area contributed by atoms with Crippen molar-refractivity contribution >= 4 is 17.5 Å². The number of nitrogens with one attached hydrogen (secondary N) is 1. The zero-order chi connectivity index (χ0) is 9.78. The summed E-state index contributed by atoms with van der Waals surface area (Å²) in [7, 11) is 0. The quantitative estimate of drug-likeness (QED) is 0.693. The van der Waals surface area contributed by atoms with E-state index in [0.29, 0.717) is 0 Å². The number of halogens is 4. The van der Waals surface area contributed by atoms with Gasteiger partial charge in [0.1, 0.15) is 6.54 Å². The molecule has 0 aliphatic rings. The molecule has 6 heteroatoms. The lowest BCUT2D eigenvalue weighted by atomic mass is 10.2. The summed E-state index contributed by atoms with van der Waals surface area (Å²) in [6, 6.07) is 0. The van der Waals surface area contributed by atoms with E-state index < -0.39 is 24.5 Å². The van der Waals surface area contributed by atoms with E-state index in [1.807, 2.05) is 0 Å². The maximum absolute atomic E-state index is 11.5. The summed E-state index contributed by atoms with van der Waals surface area (Å²) in [5.74, 6) is -1.25. The van der Waals surface area contributed by atoms with Crippen molar-refractivity contribution in [3.8, 4) is 0 Å². The van der Waals surface area contributed by atoms with Gasteiger partial charge >= 0.3 is 6.18 Å². The van der Waals surface area contributed by atoms with E-state index in [1.54, 1.807) is 5.32 Å². The molecule has 1 unspecified atom stereocenters. The predicted octanol–water partition coefficient (Wildman–Crippen LogP) is 1.54. The van der Waals surface area contributed by atoms with E-state index in [-0.39, 0.29) is 5.88 Å². The first-order valence-electron chi connectivity index (χ1n) is 3.27.